The Hall–Kier alpha value is -2.64. The van der Waals surface area contributed by atoms with Crippen molar-refractivity contribution >= 4 is 39.4 Å². The van der Waals surface area contributed by atoms with Crippen LogP contribution in [-0.4, -0.2) is 19.2 Å². The second kappa shape index (κ2) is 9.52. The Morgan fingerprint density at radius 2 is 2.04 bits per heavy atom. The highest BCUT2D eigenvalue weighted by molar-refractivity contribution is 9.10. The van der Waals surface area contributed by atoms with Crippen LogP contribution in [0.15, 0.2) is 63.5 Å². The van der Waals surface area contributed by atoms with E-state index in [0.717, 1.165) is 32.7 Å². The van der Waals surface area contributed by atoms with Crippen molar-refractivity contribution in [3.63, 3.8) is 0 Å². The summed E-state index contributed by atoms with van der Waals surface area (Å²) in [5, 5.41) is 5.94. The Balaban J connectivity index is 1.69. The van der Waals surface area contributed by atoms with Gasteiger partial charge in [0.2, 0.25) is 0 Å². The minimum absolute atomic E-state index is 0.213. The maximum absolute atomic E-state index is 12.1. The summed E-state index contributed by atoms with van der Waals surface area (Å²) in [5.74, 6) is 1.26. The Kier molecular flexibility index (Phi) is 6.84. The molecule has 144 valence electrons. The highest BCUT2D eigenvalue weighted by atomic mass is 79.9. The standard InChI is InChI=1S/C21H19BrN2O3S/c1-14-9-10-28-20(14)21(25)24-23-12-15-7-8-18(26-2)16(11-15)13-27-19-6-4-3-5-17(19)22/h3-12H,13H2,1-2H3,(H,24,25)/b23-12+. The van der Waals surface area contributed by atoms with Gasteiger partial charge in [-0.05, 0) is 75.8 Å². The molecule has 7 heteroatoms. The van der Waals surface area contributed by atoms with Gasteiger partial charge in [-0.25, -0.2) is 5.43 Å². The first kappa shape index (κ1) is 20.1. The number of carbonyl (C=O) groups is 1. The maximum Gasteiger partial charge on any atom is 0.281 e. The Morgan fingerprint density at radius 3 is 2.75 bits per heavy atom. The van der Waals surface area contributed by atoms with Gasteiger partial charge in [0.15, 0.2) is 0 Å². The number of ether oxygens (including phenoxy) is 2. The molecule has 1 aromatic heterocycles. The van der Waals surface area contributed by atoms with Gasteiger partial charge in [-0.1, -0.05) is 12.1 Å². The highest BCUT2D eigenvalue weighted by Crippen LogP contribution is 2.27. The molecule has 0 aliphatic rings. The van der Waals surface area contributed by atoms with Crippen LogP contribution in [0.3, 0.4) is 0 Å². The fraction of sp³-hybridized carbons (Fsp3) is 0.143. The third-order valence-corrected chi connectivity index (χ3v) is 5.64. The van der Waals surface area contributed by atoms with Gasteiger partial charge in [0, 0.05) is 5.56 Å². The number of halogens is 1. The van der Waals surface area contributed by atoms with Crippen molar-refractivity contribution in [2.24, 2.45) is 5.10 Å². The van der Waals surface area contributed by atoms with E-state index in [2.05, 4.69) is 26.5 Å². The first-order valence-corrected chi connectivity index (χ1v) is 10.2. The monoisotopic (exact) mass is 458 g/mol. The zero-order chi connectivity index (χ0) is 19.9. The zero-order valence-corrected chi connectivity index (χ0v) is 17.8. The van der Waals surface area contributed by atoms with Crippen LogP contribution in [0, 0.1) is 6.92 Å². The summed E-state index contributed by atoms with van der Waals surface area (Å²) in [5.41, 5.74) is 5.20. The number of amides is 1. The van der Waals surface area contributed by atoms with Gasteiger partial charge in [-0.15, -0.1) is 11.3 Å². The first-order valence-electron chi connectivity index (χ1n) is 8.50. The number of benzene rings is 2. The number of hydrazone groups is 1. The molecule has 1 amide bonds. The van der Waals surface area contributed by atoms with Crippen molar-refractivity contribution in [3.8, 4) is 11.5 Å². The average molecular weight is 459 g/mol. The maximum atomic E-state index is 12.1. The summed E-state index contributed by atoms with van der Waals surface area (Å²) in [4.78, 5) is 12.8. The quantitative estimate of drug-likeness (QED) is 0.392. The molecule has 0 spiro atoms. The zero-order valence-electron chi connectivity index (χ0n) is 15.4. The number of para-hydroxylation sites is 1. The number of nitrogens with one attached hydrogen (secondary N) is 1. The molecule has 3 rings (SSSR count). The number of hydrogen-bond donors (Lipinski definition) is 1. The van der Waals surface area contributed by atoms with Gasteiger partial charge in [0.05, 0.1) is 22.7 Å². The molecule has 0 fully saturated rings. The van der Waals surface area contributed by atoms with Crippen LogP contribution in [0.5, 0.6) is 11.5 Å². The van der Waals surface area contributed by atoms with Gasteiger partial charge in [-0.3, -0.25) is 4.79 Å². The molecular weight excluding hydrogens is 440 g/mol. The second-order valence-electron chi connectivity index (χ2n) is 5.92. The molecule has 0 atom stereocenters. The molecule has 0 bridgehead atoms. The van der Waals surface area contributed by atoms with E-state index in [9.17, 15) is 4.79 Å². The first-order chi connectivity index (χ1) is 13.6. The SMILES string of the molecule is COc1ccc(/C=N/NC(=O)c2sccc2C)cc1COc1ccccc1Br. The van der Waals surface area contributed by atoms with Crippen molar-refractivity contribution < 1.29 is 14.3 Å². The Bertz CT molecular complexity index is 1000. The van der Waals surface area contributed by atoms with E-state index in [-0.39, 0.29) is 5.91 Å². The van der Waals surface area contributed by atoms with Crippen LogP contribution >= 0.6 is 27.3 Å². The summed E-state index contributed by atoms with van der Waals surface area (Å²) in [6.45, 7) is 2.24. The topological polar surface area (TPSA) is 59.9 Å². The van der Waals surface area contributed by atoms with Crippen molar-refractivity contribution in [1.29, 1.82) is 0 Å². The van der Waals surface area contributed by atoms with Gasteiger partial charge < -0.3 is 9.47 Å². The van der Waals surface area contributed by atoms with E-state index in [0.29, 0.717) is 11.5 Å². The molecule has 0 aliphatic carbocycles. The van der Waals surface area contributed by atoms with Crippen molar-refractivity contribution in [2.75, 3.05) is 7.11 Å². The summed E-state index contributed by atoms with van der Waals surface area (Å²) < 4.78 is 12.2. The van der Waals surface area contributed by atoms with E-state index in [1.54, 1.807) is 13.3 Å². The third-order valence-electron chi connectivity index (χ3n) is 3.97. The lowest BCUT2D eigenvalue weighted by molar-refractivity contribution is 0.0958. The highest BCUT2D eigenvalue weighted by Gasteiger charge is 2.09. The number of thiophene rings is 1. The smallest absolute Gasteiger partial charge is 0.281 e. The summed E-state index contributed by atoms with van der Waals surface area (Å²) in [7, 11) is 1.62. The Labute approximate surface area is 176 Å². The lowest BCUT2D eigenvalue weighted by atomic mass is 10.1. The van der Waals surface area contributed by atoms with Crippen molar-refractivity contribution in [2.45, 2.75) is 13.5 Å². The summed E-state index contributed by atoms with van der Waals surface area (Å²) in [6.07, 6.45) is 1.60. The van der Waals surface area contributed by atoms with E-state index in [1.165, 1.54) is 11.3 Å². The Morgan fingerprint density at radius 1 is 1.21 bits per heavy atom. The minimum Gasteiger partial charge on any atom is -0.496 e. The molecule has 0 aliphatic heterocycles. The van der Waals surface area contributed by atoms with Crippen LogP contribution in [0.25, 0.3) is 0 Å². The van der Waals surface area contributed by atoms with Crippen LogP contribution in [-0.2, 0) is 6.61 Å². The largest absolute Gasteiger partial charge is 0.496 e. The van der Waals surface area contributed by atoms with Gasteiger partial charge in [-0.2, -0.15) is 5.10 Å². The predicted octanol–water partition coefficient (Wildman–Crippen LogP) is 5.17. The van der Waals surface area contributed by atoms with Crippen LogP contribution in [0.4, 0.5) is 0 Å². The molecule has 5 nitrogen and oxygen atoms in total. The van der Waals surface area contributed by atoms with Crippen molar-refractivity contribution in [1.82, 2.24) is 5.43 Å². The molecule has 0 saturated carbocycles. The van der Waals surface area contributed by atoms with E-state index < -0.39 is 0 Å². The molecule has 1 N–H and O–H groups in total. The number of hydrogen-bond acceptors (Lipinski definition) is 5. The summed E-state index contributed by atoms with van der Waals surface area (Å²) >= 11 is 4.87. The van der Waals surface area contributed by atoms with Crippen molar-refractivity contribution in [3.05, 3.63) is 80.0 Å². The van der Waals surface area contributed by atoms with E-state index in [1.807, 2.05) is 60.8 Å². The molecule has 28 heavy (non-hydrogen) atoms. The fourth-order valence-electron chi connectivity index (χ4n) is 2.53. The molecular formula is C21H19BrN2O3S. The van der Waals surface area contributed by atoms with Crippen LogP contribution < -0.4 is 14.9 Å². The fourth-order valence-corrected chi connectivity index (χ4v) is 3.74. The van der Waals surface area contributed by atoms with E-state index in [4.69, 9.17) is 9.47 Å². The number of rotatable bonds is 7. The van der Waals surface area contributed by atoms with Gasteiger partial charge in [0.25, 0.3) is 5.91 Å². The third kappa shape index (κ3) is 4.99. The molecule has 2 aromatic carbocycles. The minimum atomic E-state index is -0.213. The second-order valence-corrected chi connectivity index (χ2v) is 7.69. The normalized spacial score (nSPS) is 10.8. The van der Waals surface area contributed by atoms with Gasteiger partial charge in [0.1, 0.15) is 18.1 Å². The van der Waals surface area contributed by atoms with Gasteiger partial charge >= 0.3 is 0 Å². The van der Waals surface area contributed by atoms with E-state index >= 15 is 0 Å². The van der Waals surface area contributed by atoms with Crippen LogP contribution in [0.1, 0.15) is 26.4 Å². The predicted molar refractivity (Wildman–Crippen MR) is 116 cm³/mol. The lowest BCUT2D eigenvalue weighted by Crippen LogP contribution is -2.17. The number of methoxy groups -OCH3 is 1. The molecule has 0 saturated heterocycles. The number of carbonyl (C=O) groups excluding carboxylic acids is 1. The summed E-state index contributed by atoms with van der Waals surface area (Å²) in [6, 6.07) is 15.2. The molecule has 0 radical (unpaired) electrons. The average Bonchev–Trinajstić information content (AvgIpc) is 3.13. The molecule has 0 unspecified atom stereocenters. The number of nitrogens with zero attached hydrogens (tertiary/aromatic N) is 1. The molecule has 3 aromatic rings. The molecule has 1 heterocycles. The van der Waals surface area contributed by atoms with Crippen LogP contribution in [0.2, 0.25) is 0 Å². The lowest BCUT2D eigenvalue weighted by Gasteiger charge is -2.12. The number of aryl methyl sites for hydroxylation is 1.